The smallest absolute Gasteiger partial charge is 0.326 e. The molecule has 0 aliphatic rings. The molecule has 54 heavy (non-hydrogen) atoms. The van der Waals surface area contributed by atoms with Gasteiger partial charge in [-0.15, -0.1) is 0 Å². The van der Waals surface area contributed by atoms with Gasteiger partial charge < -0.3 is 47.0 Å². The molecule has 0 heterocycles. The first-order valence-electron chi connectivity index (χ1n) is 16.4. The highest BCUT2D eigenvalue weighted by Crippen LogP contribution is 2.08. The summed E-state index contributed by atoms with van der Waals surface area (Å²) in [6.45, 7) is 1.41. The van der Waals surface area contributed by atoms with Gasteiger partial charge in [-0.05, 0) is 31.2 Å². The number of thioether (sulfide) groups is 1. The van der Waals surface area contributed by atoms with E-state index in [1.54, 1.807) is 24.3 Å². The average molecular weight is 782 g/mol. The van der Waals surface area contributed by atoms with Crippen molar-refractivity contribution in [1.82, 2.24) is 26.6 Å². The Labute approximate surface area is 312 Å². The van der Waals surface area contributed by atoms with Gasteiger partial charge in [0.15, 0.2) is 5.12 Å². The van der Waals surface area contributed by atoms with E-state index in [4.69, 9.17) is 0 Å². The summed E-state index contributed by atoms with van der Waals surface area (Å²) in [5, 5.41) is 48.8. The molecule has 1 aromatic rings. The lowest BCUT2D eigenvalue weighted by Crippen LogP contribution is -2.45. The van der Waals surface area contributed by atoms with Crippen LogP contribution in [-0.4, -0.2) is 115 Å². The van der Waals surface area contributed by atoms with Gasteiger partial charge in [0.05, 0.1) is 0 Å². The van der Waals surface area contributed by atoms with Crippen LogP contribution < -0.4 is 26.6 Å². The largest absolute Gasteiger partial charge is 0.480 e. The third-order valence-electron chi connectivity index (χ3n) is 7.41. The number of hydrogen-bond donors (Lipinski definition) is 9. The van der Waals surface area contributed by atoms with E-state index >= 15 is 0 Å². The Morgan fingerprint density at radius 2 is 0.889 bits per heavy atom. The van der Waals surface area contributed by atoms with Gasteiger partial charge >= 0.3 is 23.9 Å². The number of carboxylic acid groups (broad SMARTS) is 4. The Morgan fingerprint density at radius 1 is 0.556 bits per heavy atom. The summed E-state index contributed by atoms with van der Waals surface area (Å²) in [5.74, 6) is -9.83. The van der Waals surface area contributed by atoms with Crippen LogP contribution in [0.25, 0.3) is 0 Å². The predicted octanol–water partition coefficient (Wildman–Crippen LogP) is -0.816. The number of aldehydes is 1. The quantitative estimate of drug-likeness (QED) is 0.0519. The van der Waals surface area contributed by atoms with Crippen LogP contribution in [0.3, 0.4) is 0 Å². The van der Waals surface area contributed by atoms with Crippen molar-refractivity contribution in [2.45, 2.75) is 95.4 Å². The highest BCUT2D eigenvalue weighted by molar-refractivity contribution is 8.13. The molecule has 0 aliphatic heterocycles. The molecule has 20 nitrogen and oxygen atoms in total. The van der Waals surface area contributed by atoms with Crippen molar-refractivity contribution in [3.63, 3.8) is 0 Å². The fraction of sp³-hybridized carbons (Fsp3) is 0.485. The Hall–Kier alpha value is -5.86. The molecule has 1 rings (SSSR count). The van der Waals surface area contributed by atoms with Crippen LogP contribution in [0.15, 0.2) is 24.3 Å². The average Bonchev–Trinajstić information content (AvgIpc) is 3.10. The molecule has 21 heteroatoms. The third kappa shape index (κ3) is 19.7. The third-order valence-corrected chi connectivity index (χ3v) is 8.23. The van der Waals surface area contributed by atoms with Gasteiger partial charge in [0, 0.05) is 56.9 Å². The normalized spacial score (nSPS) is 12.8. The minimum atomic E-state index is -1.64. The first kappa shape index (κ1) is 46.2. The SMILES string of the molecule is CC(=O)SCCC(=O)NC(CCC(=O)NC(CCC(=O)NC(CCC(=O)N[C@@H](CCC(=O)NCc1ccc(C=O)cc1)C(=O)O)C(=O)O)C(=O)O)C(=O)O. The van der Waals surface area contributed by atoms with Crippen molar-refractivity contribution in [3.8, 4) is 0 Å². The lowest BCUT2D eigenvalue weighted by Gasteiger charge is -2.18. The zero-order chi connectivity index (χ0) is 40.8. The second-order valence-corrected chi connectivity index (χ2v) is 13.0. The maximum atomic E-state index is 12.5. The number of carbonyl (C=O) groups excluding carboxylic acids is 7. The molecule has 0 saturated heterocycles. The maximum absolute atomic E-state index is 12.5. The molecule has 4 atom stereocenters. The van der Waals surface area contributed by atoms with Crippen molar-refractivity contribution in [2.24, 2.45) is 0 Å². The molecule has 0 spiro atoms. The summed E-state index contributed by atoms with van der Waals surface area (Å²) in [7, 11) is 0. The summed E-state index contributed by atoms with van der Waals surface area (Å²) in [6.07, 6.45) is -3.13. The lowest BCUT2D eigenvalue weighted by molar-refractivity contribution is -0.144. The van der Waals surface area contributed by atoms with E-state index in [1.807, 2.05) is 0 Å². The molecule has 0 aliphatic carbocycles. The molecule has 0 aromatic heterocycles. The molecule has 0 fully saturated rings. The molecule has 9 N–H and O–H groups in total. The van der Waals surface area contributed by atoms with E-state index in [9.17, 15) is 73.2 Å². The van der Waals surface area contributed by atoms with Gasteiger partial charge in [0.1, 0.15) is 30.5 Å². The topological polar surface area (TPSA) is 329 Å². The van der Waals surface area contributed by atoms with Crippen molar-refractivity contribution in [2.75, 3.05) is 5.75 Å². The summed E-state index contributed by atoms with van der Waals surface area (Å²) in [6, 6.07) is 0.117. The second kappa shape index (κ2) is 24.4. The standard InChI is InChI=1S/C33H43N5O15S/c1-18(40)54-15-14-29(45)38-24(33(52)53)9-13-28(44)37-23(32(50)51)8-12-27(43)36-22(31(48)49)7-11-26(42)35-21(30(46)47)6-10-25(41)34-16-19-2-4-20(17-39)5-3-19/h2-5,17,21-24H,6-16H2,1H3,(H,34,41)(H,35,42)(H,36,43)(H,37,44)(H,38,45)(H,46,47)(H,48,49)(H,50,51)(H,52,53)/t21-,22?,23?,24?/m0/s1. The summed E-state index contributed by atoms with van der Waals surface area (Å²) >= 11 is 0.869. The molecule has 1 aromatic carbocycles. The Kier molecular flexibility index (Phi) is 20.9. The van der Waals surface area contributed by atoms with Crippen LogP contribution in [0.4, 0.5) is 0 Å². The van der Waals surface area contributed by atoms with Gasteiger partial charge in [-0.1, -0.05) is 36.0 Å². The van der Waals surface area contributed by atoms with Crippen LogP contribution in [-0.2, 0) is 54.5 Å². The molecule has 5 amide bonds. The first-order chi connectivity index (χ1) is 25.4. The van der Waals surface area contributed by atoms with E-state index in [0.29, 0.717) is 17.4 Å². The van der Waals surface area contributed by atoms with Gasteiger partial charge in [-0.3, -0.25) is 33.6 Å². The minimum Gasteiger partial charge on any atom is -0.480 e. The molecule has 0 radical (unpaired) electrons. The first-order valence-corrected chi connectivity index (χ1v) is 17.4. The predicted molar refractivity (Wildman–Crippen MR) is 187 cm³/mol. The lowest BCUT2D eigenvalue weighted by atomic mass is 10.1. The molecule has 296 valence electrons. The van der Waals surface area contributed by atoms with Crippen LogP contribution in [0.5, 0.6) is 0 Å². The number of amides is 5. The highest BCUT2D eigenvalue weighted by Gasteiger charge is 2.27. The van der Waals surface area contributed by atoms with Crippen molar-refractivity contribution < 1.29 is 73.2 Å². The van der Waals surface area contributed by atoms with Gasteiger partial charge in [-0.2, -0.15) is 0 Å². The number of aliphatic carboxylic acids is 4. The number of benzene rings is 1. The second-order valence-electron chi connectivity index (χ2n) is 11.7. The number of rotatable bonds is 26. The van der Waals surface area contributed by atoms with E-state index in [-0.39, 0.29) is 36.7 Å². The monoisotopic (exact) mass is 781 g/mol. The maximum Gasteiger partial charge on any atom is 0.326 e. The van der Waals surface area contributed by atoms with Gasteiger partial charge in [0.25, 0.3) is 0 Å². The molecular formula is C33H43N5O15S. The van der Waals surface area contributed by atoms with E-state index in [0.717, 1.165) is 11.8 Å². The van der Waals surface area contributed by atoms with Crippen LogP contribution in [0, 0.1) is 0 Å². The van der Waals surface area contributed by atoms with E-state index in [1.165, 1.54) is 6.92 Å². The summed E-state index contributed by atoms with van der Waals surface area (Å²) in [5.41, 5.74) is 1.14. The molecule has 0 bridgehead atoms. The molecular weight excluding hydrogens is 738 g/mol. The van der Waals surface area contributed by atoms with Crippen LogP contribution in [0.1, 0.15) is 80.6 Å². The summed E-state index contributed by atoms with van der Waals surface area (Å²) in [4.78, 5) is 130. The zero-order valence-corrected chi connectivity index (χ0v) is 30.0. The van der Waals surface area contributed by atoms with Gasteiger partial charge in [0.2, 0.25) is 29.5 Å². The fourth-order valence-corrected chi connectivity index (χ4v) is 5.06. The van der Waals surface area contributed by atoms with Crippen molar-refractivity contribution in [1.29, 1.82) is 0 Å². The van der Waals surface area contributed by atoms with E-state index < -0.39 is 116 Å². The Bertz CT molecular complexity index is 1550. The van der Waals surface area contributed by atoms with Crippen LogP contribution >= 0.6 is 11.8 Å². The zero-order valence-electron chi connectivity index (χ0n) is 29.2. The van der Waals surface area contributed by atoms with Crippen molar-refractivity contribution >= 4 is 76.6 Å². The van der Waals surface area contributed by atoms with Crippen LogP contribution in [0.2, 0.25) is 0 Å². The number of carboxylic acids is 4. The molecule has 3 unspecified atom stereocenters. The van der Waals surface area contributed by atoms with Crippen molar-refractivity contribution in [3.05, 3.63) is 35.4 Å². The van der Waals surface area contributed by atoms with E-state index in [2.05, 4.69) is 26.6 Å². The highest BCUT2D eigenvalue weighted by atomic mass is 32.2. The number of hydrogen-bond acceptors (Lipinski definition) is 12. The number of carbonyl (C=O) groups is 11. The minimum absolute atomic E-state index is 0.110. The Morgan fingerprint density at radius 3 is 1.20 bits per heavy atom. The van der Waals surface area contributed by atoms with Gasteiger partial charge in [-0.25, -0.2) is 19.2 Å². The fourth-order valence-electron chi connectivity index (χ4n) is 4.49. The summed E-state index contributed by atoms with van der Waals surface area (Å²) < 4.78 is 0. The molecule has 0 saturated carbocycles. The Balaban J connectivity index is 2.57. The number of nitrogens with one attached hydrogen (secondary N) is 5.